The summed E-state index contributed by atoms with van der Waals surface area (Å²) < 4.78 is 23.4. The Morgan fingerprint density at radius 2 is 2.29 bits per heavy atom. The van der Waals surface area contributed by atoms with Crippen LogP contribution < -0.4 is 5.73 Å². The van der Waals surface area contributed by atoms with Crippen LogP contribution in [0.15, 0.2) is 18.2 Å². The lowest BCUT2D eigenvalue weighted by Crippen LogP contribution is -2.28. The first-order valence-electron chi connectivity index (χ1n) is 5.50. The highest BCUT2D eigenvalue weighted by atomic mass is 19.1. The van der Waals surface area contributed by atoms with Gasteiger partial charge in [0.1, 0.15) is 11.9 Å². The molecule has 1 heterocycles. The van der Waals surface area contributed by atoms with Gasteiger partial charge in [-0.05, 0) is 31.0 Å². The Morgan fingerprint density at radius 1 is 1.47 bits per heavy atom. The van der Waals surface area contributed by atoms with E-state index in [4.69, 9.17) is 15.2 Å². The molecule has 0 spiro atoms. The maximum absolute atomic E-state index is 13.1. The van der Waals surface area contributed by atoms with E-state index in [1.807, 2.05) is 0 Å². The molecule has 0 aliphatic carbocycles. The van der Waals surface area contributed by atoms with Crippen LogP contribution in [0.5, 0.6) is 0 Å². The second-order valence-electron chi connectivity index (χ2n) is 4.02. The average molecular weight is 239 g/mol. The number of rotatable bonds is 2. The van der Waals surface area contributed by atoms with Gasteiger partial charge in [-0.2, -0.15) is 0 Å². The third kappa shape index (κ3) is 3.17. The van der Waals surface area contributed by atoms with Gasteiger partial charge in [0.15, 0.2) is 0 Å². The minimum atomic E-state index is -0.563. The van der Waals surface area contributed by atoms with Gasteiger partial charge >= 0.3 is 5.97 Å². The smallest absolute Gasteiger partial charge is 0.338 e. The van der Waals surface area contributed by atoms with Gasteiger partial charge in [-0.3, -0.25) is 0 Å². The number of hydrogen-bond donors (Lipinski definition) is 1. The first-order valence-corrected chi connectivity index (χ1v) is 5.50. The highest BCUT2D eigenvalue weighted by Crippen LogP contribution is 2.15. The number of halogens is 1. The van der Waals surface area contributed by atoms with Crippen LogP contribution in [-0.4, -0.2) is 25.3 Å². The number of carbonyl (C=O) groups excluding carboxylic acids is 1. The van der Waals surface area contributed by atoms with Crippen LogP contribution in [0.2, 0.25) is 0 Å². The zero-order chi connectivity index (χ0) is 12.3. The molecule has 0 saturated carbocycles. The number of ether oxygens (including phenoxy) is 2. The third-order valence-corrected chi connectivity index (χ3v) is 2.55. The number of esters is 1. The second kappa shape index (κ2) is 5.14. The Bertz CT molecular complexity index is 396. The Morgan fingerprint density at radius 3 is 2.94 bits per heavy atom. The van der Waals surface area contributed by atoms with Gasteiger partial charge in [0.25, 0.3) is 0 Å². The molecule has 1 aliphatic heterocycles. The van der Waals surface area contributed by atoms with Gasteiger partial charge < -0.3 is 15.2 Å². The number of benzene rings is 1. The SMILES string of the molecule is Nc1cc(F)cc(C(=O)OC2CCCOC2)c1. The first-order chi connectivity index (χ1) is 8.15. The summed E-state index contributed by atoms with van der Waals surface area (Å²) in [7, 11) is 0. The van der Waals surface area contributed by atoms with Gasteiger partial charge in [0.2, 0.25) is 0 Å². The molecule has 17 heavy (non-hydrogen) atoms. The normalized spacial score (nSPS) is 19.9. The summed E-state index contributed by atoms with van der Waals surface area (Å²) in [4.78, 5) is 11.7. The van der Waals surface area contributed by atoms with Crippen LogP contribution in [0, 0.1) is 5.82 Å². The van der Waals surface area contributed by atoms with Crippen LogP contribution in [0.25, 0.3) is 0 Å². The van der Waals surface area contributed by atoms with E-state index < -0.39 is 11.8 Å². The van der Waals surface area contributed by atoms with Crippen LogP contribution in [-0.2, 0) is 9.47 Å². The third-order valence-electron chi connectivity index (χ3n) is 2.55. The van der Waals surface area contributed by atoms with Crippen molar-refractivity contribution >= 4 is 11.7 Å². The minimum Gasteiger partial charge on any atom is -0.456 e. The topological polar surface area (TPSA) is 61.6 Å². The zero-order valence-corrected chi connectivity index (χ0v) is 9.32. The largest absolute Gasteiger partial charge is 0.456 e. The number of nitrogens with two attached hydrogens (primary N) is 1. The van der Waals surface area contributed by atoms with Crippen molar-refractivity contribution in [3.63, 3.8) is 0 Å². The fraction of sp³-hybridized carbons (Fsp3) is 0.417. The van der Waals surface area contributed by atoms with E-state index in [1.54, 1.807) is 0 Å². The Hall–Kier alpha value is -1.62. The highest BCUT2D eigenvalue weighted by Gasteiger charge is 2.19. The fourth-order valence-electron chi connectivity index (χ4n) is 1.75. The van der Waals surface area contributed by atoms with E-state index in [-0.39, 0.29) is 17.4 Å². The molecule has 0 radical (unpaired) electrons. The van der Waals surface area contributed by atoms with Crippen molar-refractivity contribution in [1.82, 2.24) is 0 Å². The molecule has 2 rings (SSSR count). The van der Waals surface area contributed by atoms with E-state index in [2.05, 4.69) is 0 Å². The molecular formula is C12H14FNO3. The molecule has 1 aromatic rings. The van der Waals surface area contributed by atoms with Crippen LogP contribution >= 0.6 is 0 Å². The van der Waals surface area contributed by atoms with Crippen molar-refractivity contribution in [2.45, 2.75) is 18.9 Å². The molecular weight excluding hydrogens is 225 g/mol. The van der Waals surface area contributed by atoms with E-state index in [9.17, 15) is 9.18 Å². The zero-order valence-electron chi connectivity index (χ0n) is 9.32. The summed E-state index contributed by atoms with van der Waals surface area (Å²) in [5, 5.41) is 0. The van der Waals surface area contributed by atoms with E-state index >= 15 is 0 Å². The van der Waals surface area contributed by atoms with Gasteiger partial charge in [0, 0.05) is 12.3 Å². The lowest BCUT2D eigenvalue weighted by molar-refractivity contribution is -0.0306. The minimum absolute atomic E-state index is 0.132. The quantitative estimate of drug-likeness (QED) is 0.630. The van der Waals surface area contributed by atoms with E-state index in [0.717, 1.165) is 25.0 Å². The standard InChI is InChI=1S/C12H14FNO3/c13-9-4-8(5-10(14)6-9)12(15)17-11-2-1-3-16-7-11/h4-6,11H,1-3,7,14H2. The first kappa shape index (κ1) is 11.9. The monoisotopic (exact) mass is 239 g/mol. The van der Waals surface area contributed by atoms with E-state index in [1.165, 1.54) is 6.07 Å². The molecule has 1 saturated heterocycles. The molecule has 0 bridgehead atoms. The van der Waals surface area contributed by atoms with Crippen LogP contribution in [0.3, 0.4) is 0 Å². The van der Waals surface area contributed by atoms with Gasteiger partial charge in [-0.1, -0.05) is 0 Å². The van der Waals surface area contributed by atoms with Crippen molar-refractivity contribution in [2.24, 2.45) is 0 Å². The molecule has 1 aliphatic rings. The molecule has 92 valence electrons. The molecule has 2 N–H and O–H groups in total. The van der Waals surface area contributed by atoms with Crippen molar-refractivity contribution in [2.75, 3.05) is 18.9 Å². The summed E-state index contributed by atoms with van der Waals surface area (Å²) in [6.07, 6.45) is 1.39. The summed E-state index contributed by atoms with van der Waals surface area (Å²) in [5.74, 6) is -1.11. The molecule has 1 aromatic carbocycles. The molecule has 0 amide bonds. The molecule has 4 nitrogen and oxygen atoms in total. The summed E-state index contributed by atoms with van der Waals surface area (Å²) in [6.45, 7) is 1.09. The lowest BCUT2D eigenvalue weighted by Gasteiger charge is -2.22. The number of hydrogen-bond acceptors (Lipinski definition) is 4. The molecule has 0 aromatic heterocycles. The Labute approximate surface area is 98.5 Å². The number of nitrogen functional groups attached to an aromatic ring is 1. The molecule has 1 atom stereocenters. The highest BCUT2D eigenvalue weighted by molar-refractivity contribution is 5.90. The number of carbonyl (C=O) groups is 1. The summed E-state index contributed by atoms with van der Waals surface area (Å²) in [6, 6.07) is 3.66. The van der Waals surface area contributed by atoms with Gasteiger partial charge in [-0.25, -0.2) is 9.18 Å². The van der Waals surface area contributed by atoms with Crippen LogP contribution in [0.4, 0.5) is 10.1 Å². The summed E-state index contributed by atoms with van der Waals surface area (Å²) in [5.41, 5.74) is 5.80. The summed E-state index contributed by atoms with van der Waals surface area (Å²) >= 11 is 0. The molecule has 1 unspecified atom stereocenters. The van der Waals surface area contributed by atoms with Gasteiger partial charge in [-0.15, -0.1) is 0 Å². The van der Waals surface area contributed by atoms with Crippen molar-refractivity contribution < 1.29 is 18.7 Å². The predicted octanol–water partition coefficient (Wildman–Crippen LogP) is 1.74. The van der Waals surface area contributed by atoms with Crippen molar-refractivity contribution in [1.29, 1.82) is 0 Å². The van der Waals surface area contributed by atoms with Crippen molar-refractivity contribution in [3.05, 3.63) is 29.6 Å². The van der Waals surface area contributed by atoms with Gasteiger partial charge in [0.05, 0.1) is 12.2 Å². The Kier molecular flexibility index (Phi) is 3.58. The van der Waals surface area contributed by atoms with Crippen molar-refractivity contribution in [3.8, 4) is 0 Å². The van der Waals surface area contributed by atoms with Crippen LogP contribution in [0.1, 0.15) is 23.2 Å². The molecule has 1 fully saturated rings. The number of anilines is 1. The Balaban J connectivity index is 2.03. The fourth-order valence-corrected chi connectivity index (χ4v) is 1.75. The predicted molar refractivity (Wildman–Crippen MR) is 60.1 cm³/mol. The maximum Gasteiger partial charge on any atom is 0.338 e. The molecule has 5 heteroatoms. The lowest BCUT2D eigenvalue weighted by atomic mass is 10.1. The second-order valence-corrected chi connectivity index (χ2v) is 4.02. The maximum atomic E-state index is 13.1. The average Bonchev–Trinajstić information content (AvgIpc) is 2.29. The van der Waals surface area contributed by atoms with E-state index in [0.29, 0.717) is 13.2 Å².